The van der Waals surface area contributed by atoms with Crippen LogP contribution in [0.1, 0.15) is 22.4 Å². The van der Waals surface area contributed by atoms with E-state index in [1.54, 1.807) is 0 Å². The largest absolute Gasteiger partial charge is 0.240 e. The van der Waals surface area contributed by atoms with Gasteiger partial charge in [0.1, 0.15) is 0 Å². The van der Waals surface area contributed by atoms with Crippen molar-refractivity contribution in [1.82, 2.24) is 9.78 Å². The van der Waals surface area contributed by atoms with Crippen molar-refractivity contribution in [3.05, 3.63) is 46.8 Å². The summed E-state index contributed by atoms with van der Waals surface area (Å²) in [5.74, 6) is 0. The van der Waals surface area contributed by atoms with E-state index in [0.717, 1.165) is 16.9 Å². The van der Waals surface area contributed by atoms with Crippen molar-refractivity contribution in [3.8, 4) is 11.8 Å². The fraction of sp³-hybridized carbons (Fsp3) is 0.286. The van der Waals surface area contributed by atoms with E-state index in [9.17, 15) is 0 Å². The van der Waals surface area contributed by atoms with Crippen LogP contribution in [0.4, 0.5) is 0 Å². The lowest BCUT2D eigenvalue weighted by atomic mass is 10.1. The summed E-state index contributed by atoms with van der Waals surface area (Å²) in [6.07, 6.45) is 2.35. The van der Waals surface area contributed by atoms with Gasteiger partial charge in [-0.2, -0.15) is 10.4 Å². The third-order valence-electron chi connectivity index (χ3n) is 3.03. The summed E-state index contributed by atoms with van der Waals surface area (Å²) in [4.78, 5) is 0. The maximum Gasteiger partial charge on any atom is 0.0671 e. The van der Waals surface area contributed by atoms with Crippen LogP contribution in [0, 0.1) is 32.1 Å². The molecule has 1 aromatic heterocycles. The van der Waals surface area contributed by atoms with Gasteiger partial charge < -0.3 is 0 Å². The summed E-state index contributed by atoms with van der Waals surface area (Å²) < 4.78 is 1.84. The van der Waals surface area contributed by atoms with E-state index in [0.29, 0.717) is 6.42 Å². The van der Waals surface area contributed by atoms with Gasteiger partial charge in [-0.3, -0.25) is 0 Å². The molecule has 3 heteroatoms. The molecule has 2 rings (SSSR count). The molecular formula is C14H15N3. The molecule has 86 valence electrons. The smallest absolute Gasteiger partial charge is 0.0671 e. The zero-order chi connectivity index (χ0) is 12.4. The van der Waals surface area contributed by atoms with Crippen molar-refractivity contribution in [1.29, 1.82) is 5.26 Å². The van der Waals surface area contributed by atoms with Crippen molar-refractivity contribution >= 4 is 0 Å². The molecule has 0 unspecified atom stereocenters. The molecule has 2 aromatic rings. The number of nitriles is 1. The summed E-state index contributed by atoms with van der Waals surface area (Å²) in [5, 5.41) is 13.2. The quantitative estimate of drug-likeness (QED) is 0.788. The van der Waals surface area contributed by atoms with Crippen molar-refractivity contribution in [2.45, 2.75) is 27.2 Å². The lowest BCUT2D eigenvalue weighted by molar-refractivity contribution is 0.861. The zero-order valence-corrected chi connectivity index (χ0v) is 10.4. The highest BCUT2D eigenvalue weighted by Crippen LogP contribution is 2.15. The van der Waals surface area contributed by atoms with Crippen LogP contribution in [0.2, 0.25) is 0 Å². The first kappa shape index (κ1) is 11.4. The van der Waals surface area contributed by atoms with Gasteiger partial charge in [-0.15, -0.1) is 0 Å². The molecule has 0 N–H and O–H groups in total. The monoisotopic (exact) mass is 225 g/mol. The van der Waals surface area contributed by atoms with Crippen LogP contribution in [-0.4, -0.2) is 9.78 Å². The van der Waals surface area contributed by atoms with E-state index in [1.807, 2.05) is 23.9 Å². The molecule has 3 nitrogen and oxygen atoms in total. The number of rotatable bonds is 2. The SMILES string of the molecule is Cc1ccc(-n2cc(CC#N)c(C)n2)cc1C. The Labute approximate surface area is 101 Å². The van der Waals surface area contributed by atoms with E-state index >= 15 is 0 Å². The first-order valence-corrected chi connectivity index (χ1v) is 5.61. The molecule has 0 aliphatic carbocycles. The molecule has 0 spiro atoms. The first-order valence-electron chi connectivity index (χ1n) is 5.61. The Morgan fingerprint density at radius 3 is 2.65 bits per heavy atom. The molecule has 0 amide bonds. The van der Waals surface area contributed by atoms with Crippen molar-refractivity contribution in [3.63, 3.8) is 0 Å². The second-order valence-electron chi connectivity index (χ2n) is 4.29. The Morgan fingerprint density at radius 1 is 1.24 bits per heavy atom. The molecule has 0 atom stereocenters. The zero-order valence-electron chi connectivity index (χ0n) is 10.4. The van der Waals surface area contributed by atoms with Gasteiger partial charge in [-0.05, 0) is 44.0 Å². The van der Waals surface area contributed by atoms with Gasteiger partial charge in [0, 0.05) is 11.8 Å². The highest BCUT2D eigenvalue weighted by molar-refractivity contribution is 5.40. The lowest BCUT2D eigenvalue weighted by Crippen LogP contribution is -1.96. The Morgan fingerprint density at radius 2 is 2.00 bits per heavy atom. The third kappa shape index (κ3) is 2.21. The number of aryl methyl sites for hydroxylation is 3. The van der Waals surface area contributed by atoms with Gasteiger partial charge in [0.05, 0.1) is 23.9 Å². The van der Waals surface area contributed by atoms with Crippen LogP contribution >= 0.6 is 0 Å². The average molecular weight is 225 g/mol. The third-order valence-corrected chi connectivity index (χ3v) is 3.03. The Bertz CT molecular complexity index is 588. The Balaban J connectivity index is 2.43. The molecule has 0 saturated heterocycles. The Hall–Kier alpha value is -2.08. The summed E-state index contributed by atoms with van der Waals surface area (Å²) in [5.41, 5.74) is 5.48. The average Bonchev–Trinajstić information content (AvgIpc) is 2.65. The minimum atomic E-state index is 0.413. The standard InChI is InChI=1S/C14H15N3/c1-10-4-5-14(8-11(10)2)17-9-13(6-7-15)12(3)16-17/h4-5,8-9H,6H2,1-3H3. The van der Waals surface area contributed by atoms with E-state index in [1.165, 1.54) is 11.1 Å². The molecule has 1 aromatic carbocycles. The normalized spacial score (nSPS) is 10.2. The van der Waals surface area contributed by atoms with Gasteiger partial charge in [-0.1, -0.05) is 6.07 Å². The molecule has 0 aliphatic heterocycles. The minimum absolute atomic E-state index is 0.413. The second-order valence-corrected chi connectivity index (χ2v) is 4.29. The van der Waals surface area contributed by atoms with Gasteiger partial charge in [-0.25, -0.2) is 4.68 Å². The van der Waals surface area contributed by atoms with Crippen molar-refractivity contribution in [2.24, 2.45) is 0 Å². The van der Waals surface area contributed by atoms with Crippen LogP contribution in [0.5, 0.6) is 0 Å². The van der Waals surface area contributed by atoms with Crippen LogP contribution < -0.4 is 0 Å². The molecule has 0 bridgehead atoms. The number of nitrogens with zero attached hydrogens (tertiary/aromatic N) is 3. The van der Waals surface area contributed by atoms with Crippen molar-refractivity contribution in [2.75, 3.05) is 0 Å². The number of benzene rings is 1. The molecule has 0 radical (unpaired) electrons. The van der Waals surface area contributed by atoms with Gasteiger partial charge in [0.15, 0.2) is 0 Å². The molecule has 17 heavy (non-hydrogen) atoms. The first-order chi connectivity index (χ1) is 8.11. The van der Waals surface area contributed by atoms with Crippen molar-refractivity contribution < 1.29 is 0 Å². The number of hydrogen-bond acceptors (Lipinski definition) is 2. The summed E-state index contributed by atoms with van der Waals surface area (Å²) >= 11 is 0. The predicted molar refractivity (Wildman–Crippen MR) is 67.1 cm³/mol. The van der Waals surface area contributed by atoms with Gasteiger partial charge >= 0.3 is 0 Å². The molecular weight excluding hydrogens is 210 g/mol. The lowest BCUT2D eigenvalue weighted by Gasteiger charge is -2.04. The van der Waals surface area contributed by atoms with Crippen LogP contribution in [0.25, 0.3) is 5.69 Å². The number of aromatic nitrogens is 2. The van der Waals surface area contributed by atoms with E-state index in [2.05, 4.69) is 37.1 Å². The van der Waals surface area contributed by atoms with Gasteiger partial charge in [0.25, 0.3) is 0 Å². The molecule has 0 fully saturated rings. The van der Waals surface area contributed by atoms with E-state index in [-0.39, 0.29) is 0 Å². The van der Waals surface area contributed by atoms with Crippen LogP contribution in [-0.2, 0) is 6.42 Å². The number of hydrogen-bond donors (Lipinski definition) is 0. The Kier molecular flexibility index (Phi) is 2.97. The fourth-order valence-corrected chi connectivity index (χ4v) is 1.75. The highest BCUT2D eigenvalue weighted by atomic mass is 15.3. The van der Waals surface area contributed by atoms with Gasteiger partial charge in [0.2, 0.25) is 0 Å². The minimum Gasteiger partial charge on any atom is -0.240 e. The predicted octanol–water partition coefficient (Wildman–Crippen LogP) is 2.86. The molecule has 1 heterocycles. The molecule has 0 saturated carbocycles. The fourth-order valence-electron chi connectivity index (χ4n) is 1.75. The van der Waals surface area contributed by atoms with E-state index < -0.39 is 0 Å². The van der Waals surface area contributed by atoms with Crippen LogP contribution in [0.15, 0.2) is 24.4 Å². The summed E-state index contributed by atoms with van der Waals surface area (Å²) in [6, 6.07) is 8.40. The topological polar surface area (TPSA) is 41.6 Å². The summed E-state index contributed by atoms with van der Waals surface area (Å²) in [7, 11) is 0. The summed E-state index contributed by atoms with van der Waals surface area (Å²) in [6.45, 7) is 6.12. The maximum atomic E-state index is 8.72. The molecule has 0 aliphatic rings. The highest BCUT2D eigenvalue weighted by Gasteiger charge is 2.06. The van der Waals surface area contributed by atoms with Crippen LogP contribution in [0.3, 0.4) is 0 Å². The second kappa shape index (κ2) is 4.42. The van der Waals surface area contributed by atoms with E-state index in [4.69, 9.17) is 5.26 Å². The maximum absolute atomic E-state index is 8.72.